The van der Waals surface area contributed by atoms with E-state index in [9.17, 15) is 23.5 Å². The lowest BCUT2D eigenvalue weighted by atomic mass is 9.93. The van der Waals surface area contributed by atoms with Crippen molar-refractivity contribution < 1.29 is 23.5 Å². The molecule has 0 bridgehead atoms. The van der Waals surface area contributed by atoms with Crippen LogP contribution in [0.15, 0.2) is 30.9 Å². The van der Waals surface area contributed by atoms with E-state index in [1.165, 1.54) is 23.1 Å². The largest absolute Gasteiger partial charge is 0.506 e. The van der Waals surface area contributed by atoms with E-state index in [0.29, 0.717) is 6.54 Å². The third-order valence-electron chi connectivity index (χ3n) is 4.88. The van der Waals surface area contributed by atoms with Gasteiger partial charge < -0.3 is 15.3 Å². The highest BCUT2D eigenvalue weighted by Crippen LogP contribution is 2.58. The number of aromatic hydroxyl groups is 1. The molecule has 1 unspecified atom stereocenters. The molecule has 1 spiro atoms. The third-order valence-corrected chi connectivity index (χ3v) is 4.88. The number of amides is 2. The fourth-order valence-corrected chi connectivity index (χ4v) is 3.32. The molecule has 1 heterocycles. The van der Waals surface area contributed by atoms with Crippen molar-refractivity contribution >= 4 is 17.5 Å². The summed E-state index contributed by atoms with van der Waals surface area (Å²) in [5.74, 6) is -1.87. The van der Waals surface area contributed by atoms with E-state index in [0.717, 1.165) is 18.9 Å². The summed E-state index contributed by atoms with van der Waals surface area (Å²) in [5, 5.41) is 12.2. The zero-order chi connectivity index (χ0) is 17.5. The van der Waals surface area contributed by atoms with Crippen LogP contribution < -0.4 is 5.32 Å². The quantitative estimate of drug-likeness (QED) is 0.656. The number of benzene rings is 1. The van der Waals surface area contributed by atoms with Gasteiger partial charge in [-0.05, 0) is 42.5 Å². The number of carbonyl (C=O) groups is 2. The topological polar surface area (TPSA) is 69.6 Å². The molecule has 0 radical (unpaired) electrons. The minimum Gasteiger partial charge on any atom is -0.506 e. The van der Waals surface area contributed by atoms with Gasteiger partial charge in [-0.25, -0.2) is 8.78 Å². The van der Waals surface area contributed by atoms with Gasteiger partial charge in [0, 0.05) is 24.6 Å². The summed E-state index contributed by atoms with van der Waals surface area (Å²) in [4.78, 5) is 25.4. The first-order valence-electron chi connectivity index (χ1n) is 7.70. The fraction of sp³-hybridized carbons (Fsp3) is 0.412. The Morgan fingerprint density at radius 2 is 2.12 bits per heavy atom. The van der Waals surface area contributed by atoms with Gasteiger partial charge >= 0.3 is 0 Å². The molecule has 2 aliphatic rings. The summed E-state index contributed by atoms with van der Waals surface area (Å²) < 4.78 is 26.4. The molecular weight excluding hydrogens is 318 g/mol. The van der Waals surface area contributed by atoms with Crippen LogP contribution in [0.2, 0.25) is 0 Å². The third kappa shape index (κ3) is 2.86. The lowest BCUT2D eigenvalue weighted by molar-refractivity contribution is -0.111. The van der Waals surface area contributed by atoms with E-state index >= 15 is 0 Å². The number of anilines is 1. The molecule has 2 amide bonds. The van der Waals surface area contributed by atoms with Crippen LogP contribution in [0, 0.1) is 11.3 Å². The minimum atomic E-state index is -2.44. The second kappa shape index (κ2) is 5.89. The molecular formula is C17H18F2N2O3. The molecule has 1 atom stereocenters. The highest BCUT2D eigenvalue weighted by atomic mass is 19.3. The van der Waals surface area contributed by atoms with E-state index in [4.69, 9.17) is 0 Å². The Balaban J connectivity index is 1.79. The number of likely N-dealkylation sites (tertiary alicyclic amines) is 1. The van der Waals surface area contributed by atoms with Crippen LogP contribution >= 0.6 is 0 Å². The maximum Gasteiger partial charge on any atom is 0.253 e. The number of carbonyl (C=O) groups excluding carboxylic acids is 2. The van der Waals surface area contributed by atoms with Gasteiger partial charge in [0.05, 0.1) is 5.69 Å². The van der Waals surface area contributed by atoms with Gasteiger partial charge in [-0.1, -0.05) is 6.58 Å². The Bertz CT molecular complexity index is 701. The molecule has 0 aromatic heterocycles. The molecule has 2 fully saturated rings. The molecule has 2 N–H and O–H groups in total. The SMILES string of the molecule is C=CC(=O)Nc1cc(C(=O)N2CC(C(F)F)C3(CC3)C2)ccc1O. The van der Waals surface area contributed by atoms with Crippen LogP contribution in [-0.4, -0.2) is 41.3 Å². The summed E-state index contributed by atoms with van der Waals surface area (Å²) in [6, 6.07) is 4.05. The van der Waals surface area contributed by atoms with Crippen molar-refractivity contribution in [2.45, 2.75) is 19.3 Å². The monoisotopic (exact) mass is 336 g/mol. The van der Waals surface area contributed by atoms with Crippen molar-refractivity contribution in [2.24, 2.45) is 11.3 Å². The Kier molecular flexibility index (Phi) is 4.03. The Morgan fingerprint density at radius 1 is 1.42 bits per heavy atom. The molecule has 128 valence electrons. The van der Waals surface area contributed by atoms with Crippen LogP contribution in [0.3, 0.4) is 0 Å². The van der Waals surface area contributed by atoms with Crippen LogP contribution in [0.25, 0.3) is 0 Å². The second-order valence-corrected chi connectivity index (χ2v) is 6.41. The van der Waals surface area contributed by atoms with Crippen molar-refractivity contribution in [1.82, 2.24) is 4.90 Å². The molecule has 7 heteroatoms. The van der Waals surface area contributed by atoms with Crippen LogP contribution in [-0.2, 0) is 4.79 Å². The molecule has 1 saturated carbocycles. The first kappa shape index (κ1) is 16.4. The van der Waals surface area contributed by atoms with E-state index in [2.05, 4.69) is 11.9 Å². The highest BCUT2D eigenvalue weighted by molar-refractivity contribution is 6.02. The number of halogens is 2. The number of hydrogen-bond donors (Lipinski definition) is 2. The molecule has 3 rings (SSSR count). The molecule has 24 heavy (non-hydrogen) atoms. The molecule has 1 aliphatic heterocycles. The normalized spacial score (nSPS) is 21.1. The van der Waals surface area contributed by atoms with Crippen LogP contribution in [0.5, 0.6) is 5.75 Å². The van der Waals surface area contributed by atoms with Gasteiger partial charge in [-0.3, -0.25) is 9.59 Å². The van der Waals surface area contributed by atoms with Gasteiger partial charge in [-0.2, -0.15) is 0 Å². The molecule has 5 nitrogen and oxygen atoms in total. The number of rotatable bonds is 4. The number of alkyl halides is 2. The van der Waals surface area contributed by atoms with E-state index in [-0.39, 0.29) is 29.5 Å². The van der Waals surface area contributed by atoms with Gasteiger partial charge in [0.1, 0.15) is 5.75 Å². The van der Waals surface area contributed by atoms with Crippen molar-refractivity contribution in [3.8, 4) is 5.75 Å². The van der Waals surface area contributed by atoms with Crippen LogP contribution in [0.1, 0.15) is 23.2 Å². The maximum absolute atomic E-state index is 13.2. The van der Waals surface area contributed by atoms with E-state index < -0.39 is 23.7 Å². The summed E-state index contributed by atoms with van der Waals surface area (Å²) in [6.07, 6.45) is 0.0511. The number of nitrogens with one attached hydrogen (secondary N) is 1. The molecule has 1 aliphatic carbocycles. The zero-order valence-electron chi connectivity index (χ0n) is 13.0. The van der Waals surface area contributed by atoms with Gasteiger partial charge in [0.2, 0.25) is 12.3 Å². The molecule has 1 aromatic carbocycles. The highest BCUT2D eigenvalue weighted by Gasteiger charge is 2.58. The summed E-state index contributed by atoms with van der Waals surface area (Å²) in [6.45, 7) is 3.68. The summed E-state index contributed by atoms with van der Waals surface area (Å²) in [5.41, 5.74) is -0.116. The Morgan fingerprint density at radius 3 is 2.67 bits per heavy atom. The van der Waals surface area contributed by atoms with Crippen molar-refractivity contribution in [2.75, 3.05) is 18.4 Å². The lowest BCUT2D eigenvalue weighted by Gasteiger charge is -2.17. The van der Waals surface area contributed by atoms with Gasteiger partial charge in [0.25, 0.3) is 5.91 Å². The Labute approximate surface area is 138 Å². The van der Waals surface area contributed by atoms with Crippen molar-refractivity contribution in [3.05, 3.63) is 36.4 Å². The lowest BCUT2D eigenvalue weighted by Crippen LogP contribution is -2.29. The summed E-state index contributed by atoms with van der Waals surface area (Å²) >= 11 is 0. The first-order chi connectivity index (χ1) is 11.4. The number of hydrogen-bond acceptors (Lipinski definition) is 3. The summed E-state index contributed by atoms with van der Waals surface area (Å²) in [7, 11) is 0. The fourth-order valence-electron chi connectivity index (χ4n) is 3.32. The molecule has 1 aromatic rings. The predicted molar refractivity (Wildman–Crippen MR) is 84.0 cm³/mol. The average Bonchev–Trinajstić information content (AvgIpc) is 3.20. The predicted octanol–water partition coefficient (Wildman–Crippen LogP) is 2.63. The number of nitrogens with zero attached hydrogens (tertiary/aromatic N) is 1. The number of phenolic OH excluding ortho intramolecular Hbond substituents is 1. The first-order valence-corrected chi connectivity index (χ1v) is 7.70. The number of phenols is 1. The van der Waals surface area contributed by atoms with E-state index in [1.54, 1.807) is 0 Å². The second-order valence-electron chi connectivity index (χ2n) is 6.41. The average molecular weight is 336 g/mol. The maximum atomic E-state index is 13.2. The minimum absolute atomic E-state index is 0.0335. The molecule has 1 saturated heterocycles. The smallest absolute Gasteiger partial charge is 0.253 e. The van der Waals surface area contributed by atoms with Gasteiger partial charge in [-0.15, -0.1) is 0 Å². The standard InChI is InChI=1S/C17H18F2N2O3/c1-2-14(23)20-12-7-10(3-4-13(12)22)16(24)21-8-11(15(18)19)17(9-21)5-6-17/h2-4,7,11,15,22H,1,5-6,8-9H2,(H,20,23). The van der Waals surface area contributed by atoms with Gasteiger partial charge in [0.15, 0.2) is 0 Å². The zero-order valence-corrected chi connectivity index (χ0v) is 13.0. The Hall–Kier alpha value is -2.44. The van der Waals surface area contributed by atoms with Crippen molar-refractivity contribution in [1.29, 1.82) is 0 Å². The van der Waals surface area contributed by atoms with Crippen molar-refractivity contribution in [3.63, 3.8) is 0 Å². The van der Waals surface area contributed by atoms with Crippen LogP contribution in [0.4, 0.5) is 14.5 Å². The van der Waals surface area contributed by atoms with E-state index in [1.807, 2.05) is 0 Å².